The zero-order valence-electron chi connectivity index (χ0n) is 11.8. The highest BCUT2D eigenvalue weighted by molar-refractivity contribution is 5.51. The number of nitrogens with two attached hydrogens (primary N) is 1. The Hall–Kier alpha value is -2.16. The second-order valence-corrected chi connectivity index (χ2v) is 4.63. The molecule has 2 aromatic rings. The van der Waals surface area contributed by atoms with Gasteiger partial charge in [-0.25, -0.2) is 0 Å². The summed E-state index contributed by atoms with van der Waals surface area (Å²) in [5, 5.41) is 0. The van der Waals surface area contributed by atoms with Gasteiger partial charge in [0.2, 0.25) is 0 Å². The molecule has 3 heteroatoms. The Morgan fingerprint density at radius 2 is 1.60 bits per heavy atom. The van der Waals surface area contributed by atoms with Gasteiger partial charge in [-0.2, -0.15) is 0 Å². The molecule has 0 saturated heterocycles. The third kappa shape index (κ3) is 4.19. The molecule has 0 spiro atoms. The molecule has 0 atom stereocenters. The predicted molar refractivity (Wildman–Crippen MR) is 82.3 cm³/mol. The van der Waals surface area contributed by atoms with E-state index in [1.807, 2.05) is 36.4 Å². The number of hydrogen-bond acceptors (Lipinski definition) is 3. The van der Waals surface area contributed by atoms with Crippen molar-refractivity contribution >= 4 is 5.69 Å². The van der Waals surface area contributed by atoms with E-state index in [1.165, 1.54) is 5.56 Å². The van der Waals surface area contributed by atoms with Gasteiger partial charge >= 0.3 is 0 Å². The average molecular weight is 271 g/mol. The van der Waals surface area contributed by atoms with Gasteiger partial charge < -0.3 is 15.2 Å². The maximum absolute atomic E-state index is 5.79. The molecule has 0 unspecified atom stereocenters. The predicted octanol–water partition coefficient (Wildman–Crippen LogP) is 3.68. The van der Waals surface area contributed by atoms with E-state index in [1.54, 1.807) is 0 Å². The number of ether oxygens (including phenoxy) is 2. The largest absolute Gasteiger partial charge is 0.490 e. The van der Waals surface area contributed by atoms with Gasteiger partial charge in [0.05, 0.1) is 5.69 Å². The van der Waals surface area contributed by atoms with Crippen LogP contribution in [0.25, 0.3) is 0 Å². The van der Waals surface area contributed by atoms with Crippen molar-refractivity contribution < 1.29 is 9.47 Å². The standard InChI is InChI=1S/C17H21NO2/c1-2-5-14-8-10-15(11-9-14)19-12-13-20-17-7-4-3-6-16(17)18/h3-4,6-11H,2,5,12-13,18H2,1H3. The van der Waals surface area contributed by atoms with Crippen LogP contribution in [0.3, 0.4) is 0 Å². The molecule has 2 rings (SSSR count). The van der Waals surface area contributed by atoms with E-state index in [9.17, 15) is 0 Å². The molecule has 0 fully saturated rings. The highest BCUT2D eigenvalue weighted by atomic mass is 16.5. The first kappa shape index (κ1) is 14.3. The average Bonchev–Trinajstić information content (AvgIpc) is 2.47. The minimum Gasteiger partial charge on any atom is -0.490 e. The molecule has 0 saturated carbocycles. The lowest BCUT2D eigenvalue weighted by molar-refractivity contribution is 0.218. The normalized spacial score (nSPS) is 10.2. The smallest absolute Gasteiger partial charge is 0.142 e. The lowest BCUT2D eigenvalue weighted by Crippen LogP contribution is -2.09. The van der Waals surface area contributed by atoms with Crippen LogP contribution in [-0.4, -0.2) is 13.2 Å². The topological polar surface area (TPSA) is 44.5 Å². The van der Waals surface area contributed by atoms with E-state index < -0.39 is 0 Å². The monoisotopic (exact) mass is 271 g/mol. The summed E-state index contributed by atoms with van der Waals surface area (Å²) in [6.07, 6.45) is 2.27. The van der Waals surface area contributed by atoms with Gasteiger partial charge in [0.1, 0.15) is 24.7 Å². The van der Waals surface area contributed by atoms with Gasteiger partial charge in [0.15, 0.2) is 0 Å². The van der Waals surface area contributed by atoms with E-state index in [2.05, 4.69) is 19.1 Å². The summed E-state index contributed by atoms with van der Waals surface area (Å²) in [7, 11) is 0. The van der Waals surface area contributed by atoms with Gasteiger partial charge in [-0.05, 0) is 36.2 Å². The van der Waals surface area contributed by atoms with Crippen molar-refractivity contribution in [1.29, 1.82) is 0 Å². The van der Waals surface area contributed by atoms with E-state index in [0.717, 1.165) is 18.6 Å². The van der Waals surface area contributed by atoms with Crippen LogP contribution < -0.4 is 15.2 Å². The summed E-state index contributed by atoms with van der Waals surface area (Å²) >= 11 is 0. The highest BCUT2D eigenvalue weighted by Crippen LogP contribution is 2.19. The summed E-state index contributed by atoms with van der Waals surface area (Å²) in [6.45, 7) is 3.16. The maximum atomic E-state index is 5.79. The number of aryl methyl sites for hydroxylation is 1. The lowest BCUT2D eigenvalue weighted by atomic mass is 10.1. The number of hydrogen-bond donors (Lipinski definition) is 1. The van der Waals surface area contributed by atoms with Crippen LogP contribution in [0.2, 0.25) is 0 Å². The quantitative estimate of drug-likeness (QED) is 0.617. The van der Waals surface area contributed by atoms with Crippen molar-refractivity contribution in [3.05, 3.63) is 54.1 Å². The third-order valence-electron chi connectivity index (χ3n) is 2.99. The fraction of sp³-hybridized carbons (Fsp3) is 0.294. The molecular formula is C17H21NO2. The Kier molecular flexibility index (Phi) is 5.30. The summed E-state index contributed by atoms with van der Waals surface area (Å²) < 4.78 is 11.2. The van der Waals surface area contributed by atoms with Gasteiger partial charge in [0.25, 0.3) is 0 Å². The molecular weight excluding hydrogens is 250 g/mol. The van der Waals surface area contributed by atoms with Crippen LogP contribution in [0.5, 0.6) is 11.5 Å². The fourth-order valence-corrected chi connectivity index (χ4v) is 1.96. The second-order valence-electron chi connectivity index (χ2n) is 4.63. The number of para-hydroxylation sites is 2. The molecule has 106 valence electrons. The van der Waals surface area contributed by atoms with Gasteiger partial charge in [-0.15, -0.1) is 0 Å². The van der Waals surface area contributed by atoms with E-state index in [4.69, 9.17) is 15.2 Å². The Labute approximate surface area is 120 Å². The molecule has 2 N–H and O–H groups in total. The second kappa shape index (κ2) is 7.43. The van der Waals surface area contributed by atoms with Crippen molar-refractivity contribution in [3.63, 3.8) is 0 Å². The Morgan fingerprint density at radius 1 is 0.900 bits per heavy atom. The van der Waals surface area contributed by atoms with Crippen LogP contribution in [0.1, 0.15) is 18.9 Å². The van der Waals surface area contributed by atoms with Crippen LogP contribution in [0.4, 0.5) is 5.69 Å². The molecule has 3 nitrogen and oxygen atoms in total. The summed E-state index contributed by atoms with van der Waals surface area (Å²) in [4.78, 5) is 0. The van der Waals surface area contributed by atoms with Crippen molar-refractivity contribution in [1.82, 2.24) is 0 Å². The Morgan fingerprint density at radius 3 is 2.30 bits per heavy atom. The molecule has 0 bridgehead atoms. The molecule has 0 heterocycles. The third-order valence-corrected chi connectivity index (χ3v) is 2.99. The number of rotatable bonds is 7. The first-order chi connectivity index (χ1) is 9.79. The molecule has 2 aromatic carbocycles. The van der Waals surface area contributed by atoms with Crippen LogP contribution >= 0.6 is 0 Å². The summed E-state index contributed by atoms with van der Waals surface area (Å²) in [6, 6.07) is 15.7. The van der Waals surface area contributed by atoms with Crippen LogP contribution in [-0.2, 0) is 6.42 Å². The molecule has 0 radical (unpaired) electrons. The van der Waals surface area contributed by atoms with Crippen molar-refractivity contribution in [3.8, 4) is 11.5 Å². The van der Waals surface area contributed by atoms with Gasteiger partial charge in [-0.1, -0.05) is 37.6 Å². The molecule has 0 aliphatic carbocycles. The molecule has 0 aliphatic rings. The first-order valence-electron chi connectivity index (χ1n) is 6.98. The molecule has 0 aromatic heterocycles. The van der Waals surface area contributed by atoms with Crippen molar-refractivity contribution in [2.45, 2.75) is 19.8 Å². The van der Waals surface area contributed by atoms with E-state index in [-0.39, 0.29) is 0 Å². The zero-order chi connectivity index (χ0) is 14.2. The number of anilines is 1. The van der Waals surface area contributed by atoms with Crippen LogP contribution in [0, 0.1) is 0 Å². The molecule has 20 heavy (non-hydrogen) atoms. The molecule has 0 aliphatic heterocycles. The number of benzene rings is 2. The minimum atomic E-state index is 0.477. The maximum Gasteiger partial charge on any atom is 0.142 e. The Balaban J connectivity index is 1.74. The zero-order valence-corrected chi connectivity index (χ0v) is 11.8. The highest BCUT2D eigenvalue weighted by Gasteiger charge is 1.99. The fourth-order valence-electron chi connectivity index (χ4n) is 1.96. The van der Waals surface area contributed by atoms with Gasteiger partial charge in [-0.3, -0.25) is 0 Å². The first-order valence-corrected chi connectivity index (χ1v) is 6.98. The molecule has 0 amide bonds. The summed E-state index contributed by atoms with van der Waals surface area (Å²) in [5.41, 5.74) is 7.78. The Bertz CT molecular complexity index is 523. The number of nitrogen functional groups attached to an aromatic ring is 1. The van der Waals surface area contributed by atoms with E-state index in [0.29, 0.717) is 24.7 Å². The van der Waals surface area contributed by atoms with Crippen LogP contribution in [0.15, 0.2) is 48.5 Å². The minimum absolute atomic E-state index is 0.477. The summed E-state index contributed by atoms with van der Waals surface area (Å²) in [5.74, 6) is 1.57. The van der Waals surface area contributed by atoms with E-state index >= 15 is 0 Å². The van der Waals surface area contributed by atoms with Crippen molar-refractivity contribution in [2.24, 2.45) is 0 Å². The lowest BCUT2D eigenvalue weighted by Gasteiger charge is -2.10. The SMILES string of the molecule is CCCc1ccc(OCCOc2ccccc2N)cc1. The van der Waals surface area contributed by atoms with Crippen molar-refractivity contribution in [2.75, 3.05) is 18.9 Å². The van der Waals surface area contributed by atoms with Gasteiger partial charge in [0, 0.05) is 0 Å².